The maximum Gasteiger partial charge on any atom is 0.124 e. The molecule has 6 nitrogen and oxygen atoms in total. The number of nitrogens with zero attached hydrogens (tertiary/aromatic N) is 2. The third kappa shape index (κ3) is 5.57. The van der Waals surface area contributed by atoms with Crippen LogP contribution < -0.4 is 20.5 Å². The second-order valence-electron chi connectivity index (χ2n) is 9.37. The van der Waals surface area contributed by atoms with Crippen molar-refractivity contribution in [1.29, 1.82) is 0 Å². The van der Waals surface area contributed by atoms with Gasteiger partial charge in [-0.05, 0) is 36.8 Å². The maximum atomic E-state index is 10.8. The summed E-state index contributed by atoms with van der Waals surface area (Å²) in [5.74, 6) is 1.17. The Labute approximate surface area is 212 Å². The number of hydrogen-bond acceptors (Lipinski definition) is 6. The number of halogens is 1. The van der Waals surface area contributed by atoms with Crippen molar-refractivity contribution < 1.29 is 9.84 Å². The molecule has 2 saturated heterocycles. The summed E-state index contributed by atoms with van der Waals surface area (Å²) in [6.45, 7) is 7.52. The summed E-state index contributed by atoms with van der Waals surface area (Å²) in [6, 6.07) is 24.4. The average molecular weight is 493 g/mol. The van der Waals surface area contributed by atoms with Gasteiger partial charge >= 0.3 is 0 Å². The van der Waals surface area contributed by atoms with Crippen LogP contribution in [0.15, 0.2) is 72.8 Å². The minimum atomic E-state index is -0.0164. The van der Waals surface area contributed by atoms with Crippen LogP contribution in [-0.2, 0) is 0 Å². The number of piperazine rings is 1. The first kappa shape index (κ1) is 23.9. The first-order valence-corrected chi connectivity index (χ1v) is 12.7. The van der Waals surface area contributed by atoms with Crippen LogP contribution in [0.5, 0.6) is 11.5 Å². The van der Waals surface area contributed by atoms with Gasteiger partial charge in [0.25, 0.3) is 0 Å². The molecule has 0 amide bonds. The Balaban J connectivity index is 1.14. The van der Waals surface area contributed by atoms with Gasteiger partial charge in [0.2, 0.25) is 0 Å². The van der Waals surface area contributed by atoms with E-state index in [1.165, 1.54) is 11.3 Å². The summed E-state index contributed by atoms with van der Waals surface area (Å²) >= 11 is 6.14. The molecule has 3 aromatic carbocycles. The Bertz CT molecular complexity index is 1120. The van der Waals surface area contributed by atoms with Crippen molar-refractivity contribution in [3.05, 3.63) is 88.9 Å². The quantitative estimate of drug-likeness (QED) is 0.449. The Morgan fingerprint density at radius 2 is 1.74 bits per heavy atom. The molecule has 7 heteroatoms. The summed E-state index contributed by atoms with van der Waals surface area (Å²) in [5.41, 5.74) is 10.0. The fourth-order valence-electron chi connectivity index (χ4n) is 5.19. The van der Waals surface area contributed by atoms with Crippen LogP contribution in [0.4, 0.5) is 5.69 Å². The minimum Gasteiger partial charge on any atom is -0.507 e. The van der Waals surface area contributed by atoms with Crippen LogP contribution >= 0.6 is 11.6 Å². The smallest absolute Gasteiger partial charge is 0.124 e. The monoisotopic (exact) mass is 492 g/mol. The lowest BCUT2D eigenvalue weighted by Gasteiger charge is -2.36. The highest BCUT2D eigenvalue weighted by atomic mass is 35.5. The van der Waals surface area contributed by atoms with Crippen molar-refractivity contribution in [1.82, 2.24) is 15.8 Å². The van der Waals surface area contributed by atoms with Crippen LogP contribution in [0.2, 0.25) is 5.02 Å². The number of hydrogen-bond donors (Lipinski definition) is 3. The van der Waals surface area contributed by atoms with Gasteiger partial charge in [0, 0.05) is 67.0 Å². The van der Waals surface area contributed by atoms with E-state index >= 15 is 0 Å². The average Bonchev–Trinajstić information content (AvgIpc) is 3.26. The van der Waals surface area contributed by atoms with Gasteiger partial charge in [-0.15, -0.1) is 0 Å². The van der Waals surface area contributed by atoms with E-state index in [1.807, 2.05) is 36.4 Å². The van der Waals surface area contributed by atoms with E-state index in [2.05, 4.69) is 57.9 Å². The van der Waals surface area contributed by atoms with Gasteiger partial charge in [0.1, 0.15) is 18.1 Å². The lowest BCUT2D eigenvalue weighted by molar-refractivity contribution is 0.200. The van der Waals surface area contributed by atoms with Crippen LogP contribution in [-0.4, -0.2) is 55.4 Å². The summed E-state index contributed by atoms with van der Waals surface area (Å²) in [6.07, 6.45) is 0. The molecule has 5 rings (SSSR count). The number of rotatable bonds is 7. The zero-order valence-electron chi connectivity index (χ0n) is 20.0. The molecular formula is C28H33ClN4O2. The van der Waals surface area contributed by atoms with Crippen LogP contribution in [0.1, 0.15) is 30.0 Å². The Morgan fingerprint density at radius 3 is 2.49 bits per heavy atom. The van der Waals surface area contributed by atoms with Gasteiger partial charge in [-0.25, -0.2) is 5.43 Å². The second-order valence-corrected chi connectivity index (χ2v) is 9.81. The fourth-order valence-corrected chi connectivity index (χ4v) is 5.37. The first-order chi connectivity index (χ1) is 17.1. The molecule has 0 radical (unpaired) electrons. The zero-order valence-corrected chi connectivity index (χ0v) is 20.8. The molecule has 3 N–H and O–H groups in total. The molecule has 2 fully saturated rings. The normalized spacial score (nSPS) is 22.9. The van der Waals surface area contributed by atoms with E-state index in [4.69, 9.17) is 16.3 Å². The van der Waals surface area contributed by atoms with E-state index in [-0.39, 0.29) is 23.8 Å². The molecule has 0 aromatic heterocycles. The van der Waals surface area contributed by atoms with E-state index < -0.39 is 0 Å². The van der Waals surface area contributed by atoms with Crippen molar-refractivity contribution in [2.45, 2.75) is 24.9 Å². The standard InChI is InChI=1S/C28H33ClN4O2/c1-20-27(21-6-3-2-4-7-21)28(31-30-20)25-11-10-24(19-26(25)34)35-17-16-32-12-14-33(15-13-32)23-9-5-8-22(29)18-23/h2-11,18-20,27-28,30-31,34H,12-17H2,1H3. The lowest BCUT2D eigenvalue weighted by Crippen LogP contribution is -2.47. The molecular weight excluding hydrogens is 460 g/mol. The van der Waals surface area contributed by atoms with Crippen LogP contribution in [0.25, 0.3) is 0 Å². The molecule has 0 spiro atoms. The molecule has 2 aliphatic heterocycles. The summed E-state index contributed by atoms with van der Waals surface area (Å²) in [5, 5.41) is 11.6. The SMILES string of the molecule is CC1NNC(c2ccc(OCCN3CCN(c4cccc(Cl)c4)CC3)cc2O)C1c1ccccc1. The van der Waals surface area contributed by atoms with Crippen LogP contribution in [0.3, 0.4) is 0 Å². The largest absolute Gasteiger partial charge is 0.507 e. The minimum absolute atomic E-state index is 0.0164. The molecule has 184 valence electrons. The summed E-state index contributed by atoms with van der Waals surface area (Å²) in [7, 11) is 0. The van der Waals surface area contributed by atoms with Crippen molar-refractivity contribution >= 4 is 17.3 Å². The van der Waals surface area contributed by atoms with E-state index in [9.17, 15) is 5.11 Å². The van der Waals surface area contributed by atoms with Gasteiger partial charge in [-0.1, -0.05) is 54.1 Å². The predicted molar refractivity (Wildman–Crippen MR) is 141 cm³/mol. The number of hydrazine groups is 1. The number of benzene rings is 3. The number of aromatic hydroxyl groups is 1. The number of nitrogens with one attached hydrogen (secondary N) is 2. The van der Waals surface area contributed by atoms with Gasteiger partial charge in [0.05, 0.1) is 6.04 Å². The molecule has 3 aromatic rings. The van der Waals surface area contributed by atoms with Crippen molar-refractivity contribution in [2.24, 2.45) is 0 Å². The third-order valence-corrected chi connectivity index (χ3v) is 7.34. The molecule has 0 bridgehead atoms. The highest BCUT2D eigenvalue weighted by Gasteiger charge is 2.36. The van der Waals surface area contributed by atoms with Gasteiger partial charge in [-0.2, -0.15) is 0 Å². The van der Waals surface area contributed by atoms with Crippen molar-refractivity contribution in [3.63, 3.8) is 0 Å². The van der Waals surface area contributed by atoms with Crippen molar-refractivity contribution in [2.75, 3.05) is 44.2 Å². The van der Waals surface area contributed by atoms with Crippen molar-refractivity contribution in [3.8, 4) is 11.5 Å². The Morgan fingerprint density at radius 1 is 0.943 bits per heavy atom. The number of phenolic OH excluding ortho intramolecular Hbond substituents is 1. The molecule has 3 unspecified atom stereocenters. The third-order valence-electron chi connectivity index (χ3n) is 7.11. The molecule has 2 heterocycles. The maximum absolute atomic E-state index is 10.8. The summed E-state index contributed by atoms with van der Waals surface area (Å²) < 4.78 is 6.00. The fraction of sp³-hybridized carbons (Fsp3) is 0.357. The van der Waals surface area contributed by atoms with Crippen LogP contribution in [0, 0.1) is 0 Å². The first-order valence-electron chi connectivity index (χ1n) is 12.3. The number of anilines is 1. The van der Waals surface area contributed by atoms with Gasteiger partial charge in [-0.3, -0.25) is 10.3 Å². The van der Waals surface area contributed by atoms with E-state index in [0.29, 0.717) is 12.4 Å². The Kier molecular flexibility index (Phi) is 7.44. The summed E-state index contributed by atoms with van der Waals surface area (Å²) in [4.78, 5) is 4.78. The molecule has 3 atom stereocenters. The molecule has 0 saturated carbocycles. The van der Waals surface area contributed by atoms with Gasteiger partial charge < -0.3 is 14.7 Å². The van der Waals surface area contributed by atoms with E-state index in [1.54, 1.807) is 6.07 Å². The topological polar surface area (TPSA) is 60.0 Å². The molecule has 35 heavy (non-hydrogen) atoms. The highest BCUT2D eigenvalue weighted by molar-refractivity contribution is 6.30. The number of ether oxygens (including phenoxy) is 1. The van der Waals surface area contributed by atoms with Gasteiger partial charge in [0.15, 0.2) is 0 Å². The zero-order chi connectivity index (χ0) is 24.2. The van der Waals surface area contributed by atoms with E-state index in [0.717, 1.165) is 43.3 Å². The second kappa shape index (κ2) is 10.9. The lowest BCUT2D eigenvalue weighted by atomic mass is 9.84. The Hall–Kier alpha value is -2.77. The number of phenols is 1. The highest BCUT2D eigenvalue weighted by Crippen LogP contribution is 2.41. The predicted octanol–water partition coefficient (Wildman–Crippen LogP) is 4.57. The molecule has 0 aliphatic carbocycles. The molecule has 2 aliphatic rings.